The highest BCUT2D eigenvalue weighted by atomic mass is 16.5. The number of nitrogens with zero attached hydrogens (tertiary/aromatic N) is 3. The van der Waals surface area contributed by atoms with Gasteiger partial charge in [-0.05, 0) is 12.0 Å². The Bertz CT molecular complexity index is 561. The number of hydrogen-bond donors (Lipinski definition) is 0. The van der Waals surface area contributed by atoms with Gasteiger partial charge in [-0.1, -0.05) is 37.3 Å². The molecule has 0 saturated carbocycles. The molecule has 0 aliphatic carbocycles. The van der Waals surface area contributed by atoms with Gasteiger partial charge in [0, 0.05) is 44.5 Å². The average molecular weight is 299 g/mol. The van der Waals surface area contributed by atoms with Crippen LogP contribution in [0.15, 0.2) is 42.7 Å². The first-order valence-electron chi connectivity index (χ1n) is 8.20. The summed E-state index contributed by atoms with van der Waals surface area (Å²) >= 11 is 0. The smallest absolute Gasteiger partial charge is 0.115 e. The van der Waals surface area contributed by atoms with Gasteiger partial charge in [0.05, 0.1) is 13.2 Å². The quantitative estimate of drug-likeness (QED) is 0.821. The van der Waals surface area contributed by atoms with Gasteiger partial charge in [0.15, 0.2) is 0 Å². The zero-order valence-corrected chi connectivity index (χ0v) is 13.3. The van der Waals surface area contributed by atoms with Gasteiger partial charge >= 0.3 is 0 Å². The van der Waals surface area contributed by atoms with Crippen LogP contribution in [0.2, 0.25) is 0 Å². The van der Waals surface area contributed by atoms with E-state index < -0.39 is 0 Å². The van der Waals surface area contributed by atoms with Gasteiger partial charge in [0.1, 0.15) is 5.82 Å². The molecule has 0 bridgehead atoms. The highest BCUT2D eigenvalue weighted by Crippen LogP contribution is 2.22. The summed E-state index contributed by atoms with van der Waals surface area (Å²) in [4.78, 5) is 7.07. The summed E-state index contributed by atoms with van der Waals surface area (Å²) < 4.78 is 7.70. The Morgan fingerprint density at radius 1 is 1.14 bits per heavy atom. The molecule has 1 aliphatic rings. The monoisotopic (exact) mass is 299 g/mol. The Morgan fingerprint density at radius 3 is 2.68 bits per heavy atom. The normalized spacial score (nSPS) is 17.5. The Kier molecular flexibility index (Phi) is 5.24. The first-order valence-corrected chi connectivity index (χ1v) is 8.20. The van der Waals surface area contributed by atoms with E-state index in [0.717, 1.165) is 51.6 Å². The summed E-state index contributed by atoms with van der Waals surface area (Å²) in [5, 5.41) is 0. The van der Waals surface area contributed by atoms with Crippen molar-refractivity contribution in [2.45, 2.75) is 25.8 Å². The van der Waals surface area contributed by atoms with E-state index in [1.165, 1.54) is 5.56 Å². The van der Waals surface area contributed by atoms with Gasteiger partial charge in [-0.15, -0.1) is 0 Å². The largest absolute Gasteiger partial charge is 0.379 e. The molecule has 1 aromatic heterocycles. The molecule has 0 spiro atoms. The summed E-state index contributed by atoms with van der Waals surface area (Å²) in [7, 11) is 0. The van der Waals surface area contributed by atoms with Crippen molar-refractivity contribution in [3.63, 3.8) is 0 Å². The maximum atomic E-state index is 5.39. The lowest BCUT2D eigenvalue weighted by molar-refractivity contribution is 0.0369. The third-order valence-electron chi connectivity index (χ3n) is 4.41. The average Bonchev–Trinajstić information content (AvgIpc) is 3.04. The number of benzene rings is 1. The SMILES string of the molecule is CC(c1ccccc1)c1nccn1CCCN1CCOCC1. The molecule has 3 rings (SSSR count). The molecule has 2 heterocycles. The summed E-state index contributed by atoms with van der Waals surface area (Å²) in [6.07, 6.45) is 5.18. The maximum Gasteiger partial charge on any atom is 0.115 e. The van der Waals surface area contributed by atoms with Gasteiger partial charge in [0.25, 0.3) is 0 Å². The second-order valence-electron chi connectivity index (χ2n) is 5.92. The van der Waals surface area contributed by atoms with Crippen LogP contribution in [0.25, 0.3) is 0 Å². The van der Waals surface area contributed by atoms with Gasteiger partial charge in [-0.3, -0.25) is 4.90 Å². The Balaban J connectivity index is 1.57. The minimum Gasteiger partial charge on any atom is -0.379 e. The predicted molar refractivity (Wildman–Crippen MR) is 88.1 cm³/mol. The molecule has 0 N–H and O–H groups in total. The topological polar surface area (TPSA) is 30.3 Å². The first-order chi connectivity index (χ1) is 10.8. The van der Waals surface area contributed by atoms with Crippen molar-refractivity contribution in [3.05, 3.63) is 54.1 Å². The zero-order valence-electron chi connectivity index (χ0n) is 13.3. The fraction of sp³-hybridized carbons (Fsp3) is 0.500. The fourth-order valence-electron chi connectivity index (χ4n) is 3.07. The van der Waals surface area contributed by atoms with E-state index in [9.17, 15) is 0 Å². The summed E-state index contributed by atoms with van der Waals surface area (Å²) in [6.45, 7) is 8.29. The summed E-state index contributed by atoms with van der Waals surface area (Å²) in [5.41, 5.74) is 1.32. The van der Waals surface area contributed by atoms with Crippen molar-refractivity contribution in [1.29, 1.82) is 0 Å². The molecule has 118 valence electrons. The highest BCUT2D eigenvalue weighted by Gasteiger charge is 2.14. The van der Waals surface area contributed by atoms with Crippen LogP contribution in [0.4, 0.5) is 0 Å². The molecule has 0 radical (unpaired) electrons. The lowest BCUT2D eigenvalue weighted by atomic mass is 10.0. The van der Waals surface area contributed by atoms with E-state index in [-0.39, 0.29) is 0 Å². The van der Waals surface area contributed by atoms with Crippen molar-refractivity contribution in [2.75, 3.05) is 32.8 Å². The Labute approximate surface area is 132 Å². The van der Waals surface area contributed by atoms with E-state index in [2.05, 4.69) is 57.9 Å². The number of aryl methyl sites for hydroxylation is 1. The lowest BCUT2D eigenvalue weighted by Crippen LogP contribution is -2.37. The number of hydrogen-bond acceptors (Lipinski definition) is 3. The molecule has 2 aromatic rings. The third-order valence-corrected chi connectivity index (χ3v) is 4.41. The van der Waals surface area contributed by atoms with E-state index >= 15 is 0 Å². The summed E-state index contributed by atoms with van der Waals surface area (Å²) in [5.74, 6) is 1.49. The molecule has 1 unspecified atom stereocenters. The van der Waals surface area contributed by atoms with Gasteiger partial charge < -0.3 is 9.30 Å². The van der Waals surface area contributed by atoms with E-state index in [4.69, 9.17) is 4.74 Å². The van der Waals surface area contributed by atoms with Gasteiger partial charge in [-0.2, -0.15) is 0 Å². The molecular weight excluding hydrogens is 274 g/mol. The third kappa shape index (κ3) is 3.76. The molecule has 4 heteroatoms. The van der Waals surface area contributed by atoms with Crippen LogP contribution in [0.5, 0.6) is 0 Å². The first kappa shape index (κ1) is 15.3. The van der Waals surface area contributed by atoms with Crippen LogP contribution in [-0.4, -0.2) is 47.3 Å². The molecule has 22 heavy (non-hydrogen) atoms. The number of rotatable bonds is 6. The van der Waals surface area contributed by atoms with Crippen molar-refractivity contribution < 1.29 is 4.74 Å². The Hall–Kier alpha value is -1.65. The van der Waals surface area contributed by atoms with Crippen LogP contribution >= 0.6 is 0 Å². The number of ether oxygens (including phenoxy) is 1. The van der Waals surface area contributed by atoms with Crippen molar-refractivity contribution in [3.8, 4) is 0 Å². The maximum absolute atomic E-state index is 5.39. The molecule has 1 aliphatic heterocycles. The minimum absolute atomic E-state index is 0.333. The standard InChI is InChI=1S/C18H25N3O/c1-16(17-6-3-2-4-7-17)18-19-8-11-21(18)10-5-9-20-12-14-22-15-13-20/h2-4,6-8,11,16H,5,9-10,12-15H2,1H3. The van der Waals surface area contributed by atoms with Crippen molar-refractivity contribution in [2.24, 2.45) is 0 Å². The number of imidazole rings is 1. The van der Waals surface area contributed by atoms with E-state index in [1.54, 1.807) is 0 Å². The fourth-order valence-corrected chi connectivity index (χ4v) is 3.07. The van der Waals surface area contributed by atoms with Gasteiger partial charge in [-0.25, -0.2) is 4.98 Å². The molecule has 1 aromatic carbocycles. The van der Waals surface area contributed by atoms with Crippen LogP contribution in [0, 0.1) is 0 Å². The molecule has 1 saturated heterocycles. The molecule has 1 fully saturated rings. The minimum atomic E-state index is 0.333. The number of aromatic nitrogens is 2. The van der Waals surface area contributed by atoms with Crippen molar-refractivity contribution in [1.82, 2.24) is 14.5 Å². The molecule has 0 amide bonds. The van der Waals surface area contributed by atoms with Crippen LogP contribution in [-0.2, 0) is 11.3 Å². The van der Waals surface area contributed by atoms with Crippen molar-refractivity contribution >= 4 is 0 Å². The van der Waals surface area contributed by atoms with E-state index in [0.29, 0.717) is 5.92 Å². The second kappa shape index (κ2) is 7.56. The second-order valence-corrected chi connectivity index (χ2v) is 5.92. The molecular formula is C18H25N3O. The van der Waals surface area contributed by atoms with E-state index in [1.807, 2.05) is 6.20 Å². The summed E-state index contributed by atoms with van der Waals surface area (Å²) in [6, 6.07) is 10.6. The highest BCUT2D eigenvalue weighted by molar-refractivity contribution is 5.24. The number of morpholine rings is 1. The van der Waals surface area contributed by atoms with Crippen LogP contribution in [0.1, 0.15) is 30.7 Å². The van der Waals surface area contributed by atoms with Gasteiger partial charge in [0.2, 0.25) is 0 Å². The van der Waals surface area contributed by atoms with Crippen LogP contribution in [0.3, 0.4) is 0 Å². The lowest BCUT2D eigenvalue weighted by Gasteiger charge is -2.26. The van der Waals surface area contributed by atoms with Crippen LogP contribution < -0.4 is 0 Å². The molecule has 4 nitrogen and oxygen atoms in total. The molecule has 1 atom stereocenters. The Morgan fingerprint density at radius 2 is 1.91 bits per heavy atom. The zero-order chi connectivity index (χ0) is 15.2. The predicted octanol–water partition coefficient (Wildman–Crippen LogP) is 2.76.